The molecule has 2 amide bonds. The lowest BCUT2D eigenvalue weighted by Crippen LogP contribution is -2.59. The lowest BCUT2D eigenvalue weighted by molar-refractivity contribution is -0.149. The number of ether oxygens (including phenoxy) is 1. The predicted octanol–water partition coefficient (Wildman–Crippen LogP) is 2.65. The van der Waals surface area contributed by atoms with E-state index in [1.165, 1.54) is 6.92 Å². The van der Waals surface area contributed by atoms with Gasteiger partial charge in [-0.2, -0.15) is 0 Å². The lowest BCUT2D eigenvalue weighted by atomic mass is 9.98. The second kappa shape index (κ2) is 9.82. The molecule has 2 aromatic rings. The summed E-state index contributed by atoms with van der Waals surface area (Å²) in [5, 5.41) is 23.4. The smallest absolute Gasteiger partial charge is 0.407 e. The largest absolute Gasteiger partial charge is 0.479 e. The van der Waals surface area contributed by atoms with Crippen LogP contribution in [-0.2, 0) is 14.3 Å². The molecule has 0 fully saturated rings. The number of amides is 2. The van der Waals surface area contributed by atoms with Crippen molar-refractivity contribution < 1.29 is 29.3 Å². The van der Waals surface area contributed by atoms with Crippen LogP contribution >= 0.6 is 0 Å². The number of carboxylic acid groups (broad SMARTS) is 1. The number of benzene rings is 2. The van der Waals surface area contributed by atoms with Crippen molar-refractivity contribution in [2.45, 2.75) is 44.2 Å². The molecule has 0 bridgehead atoms. The number of hydrogen-bond acceptors (Lipinski definition) is 5. The number of nitrogens with one attached hydrogen (secondary N) is 2. The van der Waals surface area contributed by atoms with Crippen LogP contribution in [0.2, 0.25) is 0 Å². The van der Waals surface area contributed by atoms with Gasteiger partial charge < -0.3 is 25.6 Å². The summed E-state index contributed by atoms with van der Waals surface area (Å²) in [5.74, 6) is -2.18. The lowest BCUT2D eigenvalue weighted by Gasteiger charge is -2.27. The van der Waals surface area contributed by atoms with Crippen molar-refractivity contribution >= 4 is 18.0 Å². The fourth-order valence-electron chi connectivity index (χ4n) is 3.86. The summed E-state index contributed by atoms with van der Waals surface area (Å²) in [6.07, 6.45) is 0.100. The Bertz CT molecular complexity index is 962. The predicted molar refractivity (Wildman–Crippen MR) is 118 cm³/mol. The van der Waals surface area contributed by atoms with Crippen LogP contribution in [0.25, 0.3) is 11.1 Å². The molecule has 0 heterocycles. The van der Waals surface area contributed by atoms with Crippen molar-refractivity contribution in [3.63, 3.8) is 0 Å². The molecule has 0 saturated carbocycles. The highest BCUT2D eigenvalue weighted by atomic mass is 16.5. The SMILES string of the molecule is CCC[C@H](NC(=O)OCC1c2ccccc2-c2ccccc21)C(=O)NC(C)(CO)C(=O)O. The van der Waals surface area contributed by atoms with Crippen LogP contribution in [0.5, 0.6) is 0 Å². The Labute approximate surface area is 186 Å². The van der Waals surface area contributed by atoms with E-state index in [1.807, 2.05) is 55.5 Å². The maximum absolute atomic E-state index is 12.6. The molecule has 0 spiro atoms. The van der Waals surface area contributed by atoms with Crippen LogP contribution in [0.3, 0.4) is 0 Å². The van der Waals surface area contributed by atoms with Crippen molar-refractivity contribution in [3.8, 4) is 11.1 Å². The Morgan fingerprint density at radius 3 is 2.12 bits per heavy atom. The van der Waals surface area contributed by atoms with Crippen molar-refractivity contribution in [2.24, 2.45) is 0 Å². The molecule has 1 unspecified atom stereocenters. The maximum Gasteiger partial charge on any atom is 0.407 e. The first kappa shape index (κ1) is 23.3. The Morgan fingerprint density at radius 2 is 1.62 bits per heavy atom. The first-order valence-electron chi connectivity index (χ1n) is 10.6. The molecule has 1 aliphatic carbocycles. The van der Waals surface area contributed by atoms with Gasteiger partial charge in [0, 0.05) is 5.92 Å². The number of rotatable bonds is 9. The number of hydrogen-bond donors (Lipinski definition) is 4. The number of carboxylic acids is 1. The van der Waals surface area contributed by atoms with E-state index in [0.717, 1.165) is 22.3 Å². The number of carbonyl (C=O) groups excluding carboxylic acids is 2. The van der Waals surface area contributed by atoms with Crippen LogP contribution in [-0.4, -0.2) is 53.0 Å². The fraction of sp³-hybridized carbons (Fsp3) is 0.375. The monoisotopic (exact) mass is 440 g/mol. The minimum atomic E-state index is -1.84. The summed E-state index contributed by atoms with van der Waals surface area (Å²) in [5.41, 5.74) is 2.52. The van der Waals surface area contributed by atoms with Gasteiger partial charge in [-0.15, -0.1) is 0 Å². The van der Waals surface area contributed by atoms with Gasteiger partial charge in [0.05, 0.1) is 6.61 Å². The molecule has 4 N–H and O–H groups in total. The van der Waals surface area contributed by atoms with E-state index >= 15 is 0 Å². The van der Waals surface area contributed by atoms with E-state index in [-0.39, 0.29) is 18.9 Å². The zero-order chi connectivity index (χ0) is 23.3. The molecule has 170 valence electrons. The molecular weight excluding hydrogens is 412 g/mol. The normalized spacial score (nSPS) is 15.1. The molecule has 32 heavy (non-hydrogen) atoms. The third kappa shape index (κ3) is 4.75. The van der Waals surface area contributed by atoms with Crippen molar-refractivity contribution in [3.05, 3.63) is 59.7 Å². The third-order valence-electron chi connectivity index (χ3n) is 5.72. The van der Waals surface area contributed by atoms with Gasteiger partial charge in [0.15, 0.2) is 5.54 Å². The molecule has 2 atom stereocenters. The molecule has 1 aliphatic rings. The number of aliphatic hydroxyl groups is 1. The molecule has 0 aliphatic heterocycles. The minimum absolute atomic E-state index is 0.101. The van der Waals surface area contributed by atoms with E-state index in [1.54, 1.807) is 0 Å². The molecule has 2 aromatic carbocycles. The summed E-state index contributed by atoms with van der Waals surface area (Å²) < 4.78 is 5.47. The van der Waals surface area contributed by atoms with Gasteiger partial charge >= 0.3 is 12.1 Å². The number of fused-ring (bicyclic) bond motifs is 3. The summed E-state index contributed by atoms with van der Waals surface area (Å²) in [4.78, 5) is 36.4. The van der Waals surface area contributed by atoms with Crippen LogP contribution in [0.15, 0.2) is 48.5 Å². The van der Waals surface area contributed by atoms with Gasteiger partial charge in [0.25, 0.3) is 0 Å². The van der Waals surface area contributed by atoms with Crippen molar-refractivity contribution in [1.82, 2.24) is 10.6 Å². The molecular formula is C24H28N2O6. The highest BCUT2D eigenvalue weighted by Crippen LogP contribution is 2.44. The molecule has 0 saturated heterocycles. The van der Waals surface area contributed by atoms with E-state index in [9.17, 15) is 24.6 Å². The van der Waals surface area contributed by atoms with E-state index in [2.05, 4.69) is 10.6 Å². The second-order valence-corrected chi connectivity index (χ2v) is 8.10. The summed E-state index contributed by atoms with van der Waals surface area (Å²) >= 11 is 0. The molecule has 0 radical (unpaired) electrons. The molecule has 0 aromatic heterocycles. The highest BCUT2D eigenvalue weighted by molar-refractivity contribution is 5.91. The average molecular weight is 440 g/mol. The van der Waals surface area contributed by atoms with Crippen LogP contribution in [0.1, 0.15) is 43.7 Å². The average Bonchev–Trinajstić information content (AvgIpc) is 3.11. The Hall–Kier alpha value is -3.39. The summed E-state index contributed by atoms with van der Waals surface area (Å²) in [6, 6.07) is 14.9. The zero-order valence-corrected chi connectivity index (χ0v) is 18.1. The molecule has 3 rings (SSSR count). The number of carbonyl (C=O) groups is 3. The highest BCUT2D eigenvalue weighted by Gasteiger charge is 2.36. The van der Waals surface area contributed by atoms with E-state index < -0.39 is 36.2 Å². The van der Waals surface area contributed by atoms with Gasteiger partial charge in [-0.05, 0) is 35.6 Å². The topological polar surface area (TPSA) is 125 Å². The molecule has 8 nitrogen and oxygen atoms in total. The first-order chi connectivity index (χ1) is 15.3. The van der Waals surface area contributed by atoms with Gasteiger partial charge in [-0.1, -0.05) is 61.9 Å². The second-order valence-electron chi connectivity index (χ2n) is 8.10. The van der Waals surface area contributed by atoms with E-state index in [0.29, 0.717) is 6.42 Å². The van der Waals surface area contributed by atoms with Gasteiger partial charge in [-0.3, -0.25) is 4.79 Å². The number of aliphatic hydroxyl groups excluding tert-OH is 1. The van der Waals surface area contributed by atoms with Crippen LogP contribution in [0.4, 0.5) is 4.79 Å². The van der Waals surface area contributed by atoms with Crippen molar-refractivity contribution in [1.29, 1.82) is 0 Å². The maximum atomic E-state index is 12.6. The minimum Gasteiger partial charge on any atom is -0.479 e. The zero-order valence-electron chi connectivity index (χ0n) is 18.1. The van der Waals surface area contributed by atoms with Crippen LogP contribution in [0, 0.1) is 0 Å². The van der Waals surface area contributed by atoms with Gasteiger partial charge in [0.1, 0.15) is 12.6 Å². The number of aliphatic carboxylic acids is 1. The fourth-order valence-corrected chi connectivity index (χ4v) is 3.86. The van der Waals surface area contributed by atoms with Gasteiger partial charge in [-0.25, -0.2) is 9.59 Å². The van der Waals surface area contributed by atoms with Crippen molar-refractivity contribution in [2.75, 3.05) is 13.2 Å². The Balaban J connectivity index is 1.66. The molecule has 8 heteroatoms. The number of alkyl carbamates (subject to hydrolysis) is 1. The summed E-state index contributed by atoms with van der Waals surface area (Å²) in [6.45, 7) is 2.35. The third-order valence-corrected chi connectivity index (χ3v) is 5.72. The van der Waals surface area contributed by atoms with E-state index in [4.69, 9.17) is 4.74 Å². The first-order valence-corrected chi connectivity index (χ1v) is 10.6. The van der Waals surface area contributed by atoms with Crippen LogP contribution < -0.4 is 10.6 Å². The Morgan fingerprint density at radius 1 is 1.06 bits per heavy atom. The Kier molecular flexibility index (Phi) is 7.15. The van der Waals surface area contributed by atoms with Gasteiger partial charge in [0.2, 0.25) is 5.91 Å². The standard InChI is InChI=1S/C24H28N2O6/c1-3-8-20(21(28)26-24(2,14-27)22(29)30)25-23(31)32-13-19-17-11-6-4-9-15(17)16-10-5-7-12-18(16)19/h4-7,9-12,19-20,27H,3,8,13-14H2,1-2H3,(H,25,31)(H,26,28)(H,29,30)/t20-,24?/m0/s1. The summed E-state index contributed by atoms with van der Waals surface area (Å²) in [7, 11) is 0. The quantitative estimate of drug-likeness (QED) is 0.475.